The van der Waals surface area contributed by atoms with Crippen LogP contribution in [0.1, 0.15) is 26.2 Å². The summed E-state index contributed by atoms with van der Waals surface area (Å²) in [4.78, 5) is 0. The van der Waals surface area contributed by atoms with Gasteiger partial charge in [-0.1, -0.05) is 12.2 Å². The van der Waals surface area contributed by atoms with E-state index in [1.165, 1.54) is 5.57 Å². The van der Waals surface area contributed by atoms with Crippen molar-refractivity contribution >= 4 is 0 Å². The van der Waals surface area contributed by atoms with E-state index < -0.39 is 0 Å². The highest BCUT2D eigenvalue weighted by molar-refractivity contribution is 5.11. The molecule has 2 unspecified atom stereocenters. The molecule has 1 nitrogen and oxygen atoms in total. The molecule has 0 aromatic heterocycles. The molecule has 0 saturated carbocycles. The summed E-state index contributed by atoms with van der Waals surface area (Å²) in [5.74, 6) is 0.637. The monoisotopic (exact) mass is 152 g/mol. The number of aliphatic hydroxyl groups is 1. The summed E-state index contributed by atoms with van der Waals surface area (Å²) in [5.41, 5.74) is 1.20. The molecule has 1 rings (SSSR count). The minimum Gasteiger partial charge on any atom is -0.389 e. The highest BCUT2D eigenvalue weighted by atomic mass is 16.3. The van der Waals surface area contributed by atoms with Crippen LogP contribution >= 0.6 is 0 Å². The molecule has 0 radical (unpaired) electrons. The fourth-order valence-electron chi connectivity index (χ4n) is 1.47. The second-order valence-corrected chi connectivity index (χ2v) is 3.23. The lowest BCUT2D eigenvalue weighted by atomic mass is 9.88. The maximum atomic E-state index is 9.24. The molecule has 0 amide bonds. The zero-order chi connectivity index (χ0) is 8.27. The molecular formula is C10H16O. The van der Waals surface area contributed by atoms with E-state index in [-0.39, 0.29) is 6.10 Å². The fraction of sp³-hybridized carbons (Fsp3) is 0.600. The van der Waals surface area contributed by atoms with Crippen LogP contribution in [-0.2, 0) is 0 Å². The van der Waals surface area contributed by atoms with Gasteiger partial charge in [0, 0.05) is 0 Å². The third kappa shape index (κ3) is 2.19. The lowest BCUT2D eigenvalue weighted by Gasteiger charge is -2.20. The molecule has 1 aliphatic rings. The molecule has 1 aliphatic carbocycles. The zero-order valence-electron chi connectivity index (χ0n) is 7.09. The molecule has 0 fully saturated rings. The minimum atomic E-state index is -0.249. The summed E-state index contributed by atoms with van der Waals surface area (Å²) in [6.07, 6.45) is 7.16. The van der Waals surface area contributed by atoms with Gasteiger partial charge in [-0.3, -0.25) is 0 Å². The van der Waals surface area contributed by atoms with Gasteiger partial charge in [-0.2, -0.15) is 0 Å². The molecule has 0 aromatic rings. The Morgan fingerprint density at radius 1 is 1.82 bits per heavy atom. The Hall–Kier alpha value is -0.560. The van der Waals surface area contributed by atoms with Gasteiger partial charge in [-0.25, -0.2) is 0 Å². The summed E-state index contributed by atoms with van der Waals surface area (Å²) in [6.45, 7) is 5.60. The van der Waals surface area contributed by atoms with Gasteiger partial charge in [0.05, 0.1) is 6.10 Å². The second kappa shape index (κ2) is 3.72. The average molecular weight is 152 g/mol. The van der Waals surface area contributed by atoms with Crippen molar-refractivity contribution in [3.8, 4) is 0 Å². The van der Waals surface area contributed by atoms with E-state index in [0.717, 1.165) is 19.3 Å². The Balaban J connectivity index is 2.50. The first-order chi connectivity index (χ1) is 5.24. The first kappa shape index (κ1) is 8.54. The lowest BCUT2D eigenvalue weighted by molar-refractivity contribution is 0.222. The highest BCUT2D eigenvalue weighted by Gasteiger charge is 2.13. The molecule has 2 atom stereocenters. The van der Waals surface area contributed by atoms with Crippen LogP contribution in [0.2, 0.25) is 0 Å². The van der Waals surface area contributed by atoms with Gasteiger partial charge in [-0.15, -0.1) is 6.58 Å². The van der Waals surface area contributed by atoms with Crippen LogP contribution < -0.4 is 0 Å². The Labute approximate surface area is 68.4 Å². The van der Waals surface area contributed by atoms with E-state index >= 15 is 0 Å². The van der Waals surface area contributed by atoms with Crippen molar-refractivity contribution in [1.82, 2.24) is 0 Å². The smallest absolute Gasteiger partial charge is 0.0721 e. The van der Waals surface area contributed by atoms with Crippen molar-refractivity contribution in [1.29, 1.82) is 0 Å². The van der Waals surface area contributed by atoms with Gasteiger partial charge in [0.15, 0.2) is 0 Å². The molecule has 0 aromatic carbocycles. The van der Waals surface area contributed by atoms with E-state index in [4.69, 9.17) is 0 Å². The van der Waals surface area contributed by atoms with Crippen LogP contribution in [0.4, 0.5) is 0 Å². The van der Waals surface area contributed by atoms with E-state index in [1.54, 1.807) is 0 Å². The van der Waals surface area contributed by atoms with Gasteiger partial charge < -0.3 is 5.11 Å². The molecule has 0 aliphatic heterocycles. The number of rotatable bonds is 2. The fourth-order valence-corrected chi connectivity index (χ4v) is 1.47. The average Bonchev–Trinajstić information content (AvgIpc) is 2.05. The molecule has 62 valence electrons. The largest absolute Gasteiger partial charge is 0.389 e. The minimum absolute atomic E-state index is 0.249. The van der Waals surface area contributed by atoms with Crippen molar-refractivity contribution in [2.75, 3.05) is 0 Å². The normalized spacial score (nSPS) is 27.5. The van der Waals surface area contributed by atoms with Crippen molar-refractivity contribution in [3.63, 3.8) is 0 Å². The number of allylic oxidation sites excluding steroid dienone is 2. The van der Waals surface area contributed by atoms with Crippen LogP contribution in [0.25, 0.3) is 0 Å². The summed E-state index contributed by atoms with van der Waals surface area (Å²) in [6, 6.07) is 0. The third-order valence-corrected chi connectivity index (χ3v) is 2.36. The predicted octanol–water partition coefficient (Wildman–Crippen LogP) is 2.28. The highest BCUT2D eigenvalue weighted by Crippen LogP contribution is 2.25. The standard InChI is InChI=1S/C10H16O/c1-3-9-4-6-10(7-5-9)8(2)11/h3,6,8-9,11H,1,4-5,7H2,2H3. The van der Waals surface area contributed by atoms with Gasteiger partial charge in [0.25, 0.3) is 0 Å². The lowest BCUT2D eigenvalue weighted by Crippen LogP contribution is -2.11. The van der Waals surface area contributed by atoms with Gasteiger partial charge in [-0.05, 0) is 37.7 Å². The Bertz CT molecular complexity index is 168. The second-order valence-electron chi connectivity index (χ2n) is 3.23. The molecule has 1 heteroatoms. The van der Waals surface area contributed by atoms with Gasteiger partial charge in [0.1, 0.15) is 0 Å². The van der Waals surface area contributed by atoms with Crippen LogP contribution in [0.3, 0.4) is 0 Å². The SMILES string of the molecule is C=CC1CC=C(C(C)O)CC1. The first-order valence-corrected chi connectivity index (χ1v) is 4.23. The predicted molar refractivity (Wildman–Crippen MR) is 47.3 cm³/mol. The number of hydrogen-bond donors (Lipinski definition) is 1. The summed E-state index contributed by atoms with van der Waals surface area (Å²) in [7, 11) is 0. The molecule has 0 heterocycles. The zero-order valence-corrected chi connectivity index (χ0v) is 7.09. The quantitative estimate of drug-likeness (QED) is 0.602. The van der Waals surface area contributed by atoms with Crippen molar-refractivity contribution in [2.24, 2.45) is 5.92 Å². The maximum absolute atomic E-state index is 9.24. The van der Waals surface area contributed by atoms with E-state index in [0.29, 0.717) is 5.92 Å². The molecular weight excluding hydrogens is 136 g/mol. The molecule has 1 N–H and O–H groups in total. The number of aliphatic hydroxyl groups excluding tert-OH is 1. The molecule has 0 bridgehead atoms. The topological polar surface area (TPSA) is 20.2 Å². The van der Waals surface area contributed by atoms with E-state index in [1.807, 2.05) is 13.0 Å². The van der Waals surface area contributed by atoms with Crippen molar-refractivity contribution < 1.29 is 5.11 Å². The van der Waals surface area contributed by atoms with E-state index in [2.05, 4.69) is 12.7 Å². The molecule has 0 spiro atoms. The third-order valence-electron chi connectivity index (χ3n) is 2.36. The van der Waals surface area contributed by atoms with Crippen molar-refractivity contribution in [3.05, 3.63) is 24.3 Å². The van der Waals surface area contributed by atoms with Gasteiger partial charge in [0.2, 0.25) is 0 Å². The van der Waals surface area contributed by atoms with Crippen LogP contribution in [-0.4, -0.2) is 11.2 Å². The molecule has 11 heavy (non-hydrogen) atoms. The van der Waals surface area contributed by atoms with Crippen LogP contribution in [0, 0.1) is 5.92 Å². The van der Waals surface area contributed by atoms with Crippen LogP contribution in [0.15, 0.2) is 24.3 Å². The first-order valence-electron chi connectivity index (χ1n) is 4.23. The van der Waals surface area contributed by atoms with Crippen molar-refractivity contribution in [2.45, 2.75) is 32.3 Å². The Morgan fingerprint density at radius 2 is 2.55 bits per heavy atom. The summed E-state index contributed by atoms with van der Waals surface area (Å²) >= 11 is 0. The van der Waals surface area contributed by atoms with E-state index in [9.17, 15) is 5.11 Å². The maximum Gasteiger partial charge on any atom is 0.0721 e. The number of hydrogen-bond acceptors (Lipinski definition) is 1. The summed E-state index contributed by atoms with van der Waals surface area (Å²) in [5, 5.41) is 9.24. The Kier molecular flexibility index (Phi) is 2.89. The summed E-state index contributed by atoms with van der Waals surface area (Å²) < 4.78 is 0. The van der Waals surface area contributed by atoms with Crippen LogP contribution in [0.5, 0.6) is 0 Å². The molecule has 0 saturated heterocycles. The van der Waals surface area contributed by atoms with Gasteiger partial charge >= 0.3 is 0 Å². The Morgan fingerprint density at radius 3 is 2.91 bits per heavy atom.